The van der Waals surface area contributed by atoms with Crippen LogP contribution < -0.4 is 14.2 Å². The third-order valence-electron chi connectivity index (χ3n) is 7.19. The predicted molar refractivity (Wildman–Crippen MR) is 133 cm³/mol. The van der Waals surface area contributed by atoms with Crippen LogP contribution in [0.4, 0.5) is 13.2 Å². The van der Waals surface area contributed by atoms with Crippen LogP contribution in [0.1, 0.15) is 39.0 Å². The Morgan fingerprint density at radius 3 is 2.40 bits per heavy atom. The molecule has 40 heavy (non-hydrogen) atoms. The first kappa shape index (κ1) is 24.5. The molecule has 0 amide bonds. The van der Waals surface area contributed by atoms with Gasteiger partial charge in [-0.2, -0.15) is 13.2 Å². The lowest BCUT2D eigenvalue weighted by Gasteiger charge is -2.38. The number of fused-ring (bicyclic) bond motifs is 9. The summed E-state index contributed by atoms with van der Waals surface area (Å²) in [5.74, 6) is -3.97. The van der Waals surface area contributed by atoms with Crippen LogP contribution in [0.2, 0.25) is 5.02 Å². The molecule has 0 fully saturated rings. The normalized spacial score (nSPS) is 18.7. The van der Waals surface area contributed by atoms with Crippen molar-refractivity contribution in [1.82, 2.24) is 0 Å². The molecule has 200 valence electrons. The Hall–Kier alpha value is -4.57. The topological polar surface area (TPSA) is 88.1 Å². The Kier molecular flexibility index (Phi) is 5.03. The number of halogens is 4. The first-order valence-corrected chi connectivity index (χ1v) is 12.4. The highest BCUT2D eigenvalue weighted by Crippen LogP contribution is 2.61. The molecule has 0 N–H and O–H groups in total. The van der Waals surface area contributed by atoms with Gasteiger partial charge in [-0.05, 0) is 29.5 Å². The molecule has 3 heterocycles. The average molecular weight is 567 g/mol. The Morgan fingerprint density at radius 2 is 1.62 bits per heavy atom. The number of hydrogen-bond acceptors (Lipinski definition) is 7. The second-order valence-corrected chi connectivity index (χ2v) is 9.81. The van der Waals surface area contributed by atoms with Crippen LogP contribution in [0.5, 0.6) is 23.0 Å². The van der Waals surface area contributed by atoms with Gasteiger partial charge in [0.05, 0.1) is 17.5 Å². The van der Waals surface area contributed by atoms with Gasteiger partial charge in [0.15, 0.2) is 17.1 Å². The van der Waals surface area contributed by atoms with Gasteiger partial charge in [0.25, 0.3) is 0 Å². The molecule has 7 rings (SSSR count). The van der Waals surface area contributed by atoms with Crippen molar-refractivity contribution in [2.75, 3.05) is 0 Å². The Labute approximate surface area is 228 Å². The van der Waals surface area contributed by atoms with Crippen LogP contribution in [0.25, 0.3) is 10.8 Å². The maximum Gasteiger partial charge on any atom is 0.491 e. The van der Waals surface area contributed by atoms with Crippen LogP contribution in [-0.4, -0.2) is 24.1 Å². The van der Waals surface area contributed by atoms with Crippen LogP contribution in [0.3, 0.4) is 0 Å². The van der Waals surface area contributed by atoms with E-state index in [0.717, 1.165) is 6.07 Å². The highest BCUT2D eigenvalue weighted by atomic mass is 35.5. The van der Waals surface area contributed by atoms with E-state index in [4.69, 9.17) is 30.5 Å². The Morgan fingerprint density at radius 1 is 0.900 bits per heavy atom. The summed E-state index contributed by atoms with van der Waals surface area (Å²) >= 11 is 6.73. The molecule has 0 bridgehead atoms. The standard InChI is InChI=1S/C29H14ClF3O7/c30-23-24-13(9-10-21(34)39-24)11-18-25(23)37-20-12-19(38-27(36)29(31,32)33)14-5-1-2-6-15(14)22(20)28(18)17-8-4-3-7-16(17)26(35)40-28/h1-8,11-12H,9-10H2. The number of alkyl halides is 3. The molecule has 11 heteroatoms. The van der Waals surface area contributed by atoms with E-state index < -0.39 is 35.4 Å². The maximum absolute atomic E-state index is 13.3. The monoisotopic (exact) mass is 566 g/mol. The number of carbonyl (C=O) groups excluding carboxylic acids is 3. The predicted octanol–water partition coefficient (Wildman–Crippen LogP) is 6.38. The van der Waals surface area contributed by atoms with Crippen molar-refractivity contribution in [2.24, 2.45) is 0 Å². The van der Waals surface area contributed by atoms with Crippen molar-refractivity contribution in [2.45, 2.75) is 24.6 Å². The summed E-state index contributed by atoms with van der Waals surface area (Å²) in [6.07, 6.45) is -4.83. The summed E-state index contributed by atoms with van der Waals surface area (Å²) in [5.41, 5.74) is 0.353. The van der Waals surface area contributed by atoms with Crippen molar-refractivity contribution >= 4 is 40.3 Å². The first-order chi connectivity index (χ1) is 19.1. The van der Waals surface area contributed by atoms with Gasteiger partial charge < -0.3 is 18.9 Å². The molecule has 0 saturated heterocycles. The Bertz CT molecular complexity index is 1830. The van der Waals surface area contributed by atoms with Gasteiger partial charge in [0, 0.05) is 22.6 Å². The van der Waals surface area contributed by atoms with Crippen molar-refractivity contribution in [3.8, 4) is 23.0 Å². The quantitative estimate of drug-likeness (QED) is 0.195. The van der Waals surface area contributed by atoms with Crippen molar-refractivity contribution in [1.29, 1.82) is 0 Å². The summed E-state index contributed by atoms with van der Waals surface area (Å²) in [5, 5.41) is 0.400. The number of ether oxygens (including phenoxy) is 4. The van der Waals surface area contributed by atoms with Gasteiger partial charge in [0.1, 0.15) is 16.5 Å². The van der Waals surface area contributed by atoms with Gasteiger partial charge in [0.2, 0.25) is 0 Å². The third-order valence-corrected chi connectivity index (χ3v) is 7.53. The number of esters is 3. The average Bonchev–Trinajstić information content (AvgIpc) is 3.22. The lowest BCUT2D eigenvalue weighted by molar-refractivity contribution is -0.189. The van der Waals surface area contributed by atoms with Crippen LogP contribution in [0, 0.1) is 0 Å². The van der Waals surface area contributed by atoms with E-state index in [0.29, 0.717) is 34.1 Å². The molecule has 7 nitrogen and oxygen atoms in total. The fourth-order valence-electron chi connectivity index (χ4n) is 5.58. The zero-order valence-electron chi connectivity index (χ0n) is 20.1. The molecule has 0 radical (unpaired) electrons. The molecule has 0 aliphatic carbocycles. The minimum Gasteiger partial charge on any atom is -0.455 e. The highest BCUT2D eigenvalue weighted by Gasteiger charge is 2.56. The molecule has 3 aliphatic heterocycles. The van der Waals surface area contributed by atoms with Crippen molar-refractivity contribution < 1.29 is 46.5 Å². The minimum absolute atomic E-state index is 0.0181. The molecule has 0 saturated carbocycles. The smallest absolute Gasteiger partial charge is 0.455 e. The van der Waals surface area contributed by atoms with Gasteiger partial charge >= 0.3 is 24.1 Å². The second-order valence-electron chi connectivity index (χ2n) is 9.43. The van der Waals surface area contributed by atoms with E-state index in [9.17, 15) is 27.6 Å². The fourth-order valence-corrected chi connectivity index (χ4v) is 5.88. The highest BCUT2D eigenvalue weighted by molar-refractivity contribution is 6.34. The number of carbonyl (C=O) groups is 3. The maximum atomic E-state index is 13.3. The van der Waals surface area contributed by atoms with Gasteiger partial charge in [-0.1, -0.05) is 54.1 Å². The molecular weight excluding hydrogens is 553 g/mol. The molecule has 4 aromatic carbocycles. The minimum atomic E-state index is -5.25. The number of hydrogen-bond donors (Lipinski definition) is 0. The largest absolute Gasteiger partial charge is 0.491 e. The fraction of sp³-hybridized carbons (Fsp3) is 0.138. The number of benzene rings is 4. The van der Waals surface area contributed by atoms with Crippen molar-refractivity contribution in [3.63, 3.8) is 0 Å². The van der Waals surface area contributed by atoms with Crippen LogP contribution in [-0.2, 0) is 26.3 Å². The molecule has 3 aliphatic rings. The summed E-state index contributed by atoms with van der Waals surface area (Å²) in [7, 11) is 0. The number of rotatable bonds is 1. The zero-order chi connectivity index (χ0) is 28.0. The lowest BCUT2D eigenvalue weighted by Crippen LogP contribution is -2.34. The summed E-state index contributed by atoms with van der Waals surface area (Å²) in [4.78, 5) is 37.1. The summed E-state index contributed by atoms with van der Waals surface area (Å²) in [6, 6.07) is 15.8. The van der Waals surface area contributed by atoms with Gasteiger partial charge in [-0.15, -0.1) is 0 Å². The lowest BCUT2D eigenvalue weighted by atomic mass is 9.75. The van der Waals surface area contributed by atoms with E-state index in [1.807, 2.05) is 0 Å². The molecule has 1 atom stereocenters. The van der Waals surface area contributed by atoms with E-state index in [-0.39, 0.29) is 39.6 Å². The molecule has 1 unspecified atom stereocenters. The summed E-state index contributed by atoms with van der Waals surface area (Å²) in [6.45, 7) is 0. The Balaban J connectivity index is 1.58. The van der Waals surface area contributed by atoms with E-state index in [1.54, 1.807) is 48.5 Å². The van der Waals surface area contributed by atoms with Crippen molar-refractivity contribution in [3.05, 3.63) is 93.5 Å². The van der Waals surface area contributed by atoms with Crippen LogP contribution in [0.15, 0.2) is 60.7 Å². The van der Waals surface area contributed by atoms with Gasteiger partial charge in [-0.3, -0.25) is 4.79 Å². The van der Waals surface area contributed by atoms with E-state index in [1.165, 1.54) is 6.07 Å². The van der Waals surface area contributed by atoms with Crippen LogP contribution >= 0.6 is 11.6 Å². The zero-order valence-corrected chi connectivity index (χ0v) is 20.8. The third kappa shape index (κ3) is 3.29. The van der Waals surface area contributed by atoms with E-state index in [2.05, 4.69) is 0 Å². The number of aryl methyl sites for hydroxylation is 1. The molecule has 0 aromatic heterocycles. The SMILES string of the molecule is O=C1CCc2cc3c(c(Cl)c2O1)Oc1cc(OC(=O)C(F)(F)F)c2ccccc2c1C31OC(=O)c2ccccc21. The first-order valence-electron chi connectivity index (χ1n) is 12.0. The van der Waals surface area contributed by atoms with E-state index >= 15 is 0 Å². The second kappa shape index (κ2) is 8.22. The summed E-state index contributed by atoms with van der Waals surface area (Å²) < 4.78 is 62.0. The molecular formula is C29H14ClF3O7. The molecule has 4 aromatic rings. The molecule has 1 spiro atoms. The van der Waals surface area contributed by atoms with Gasteiger partial charge in [-0.25, -0.2) is 9.59 Å².